The average Bonchev–Trinajstić information content (AvgIpc) is 2.74. The van der Waals surface area contributed by atoms with Crippen molar-refractivity contribution in [3.8, 4) is 11.3 Å². The molecular weight excluding hydrogens is 314 g/mol. The van der Waals surface area contributed by atoms with E-state index in [1.54, 1.807) is 0 Å². The molecule has 0 aliphatic carbocycles. The van der Waals surface area contributed by atoms with Crippen LogP contribution in [-0.4, -0.2) is 9.55 Å². The summed E-state index contributed by atoms with van der Waals surface area (Å²) in [6.07, 6.45) is 4.35. The highest BCUT2D eigenvalue weighted by Crippen LogP contribution is 2.29. The van der Waals surface area contributed by atoms with Gasteiger partial charge in [-0.15, -0.1) is 0 Å². The topological polar surface area (TPSA) is 43.8 Å². The Morgan fingerprint density at radius 3 is 2.70 bits per heavy atom. The van der Waals surface area contributed by atoms with Crippen molar-refractivity contribution in [2.24, 2.45) is 0 Å². The smallest absolute Gasteiger partial charge is 0.131 e. The SMILES string of the molecule is CCCCn1c(CCC)nc(-c2cccc(Br)c2)c1N. The Morgan fingerprint density at radius 2 is 2.05 bits per heavy atom. The van der Waals surface area contributed by atoms with E-state index in [2.05, 4.69) is 46.5 Å². The summed E-state index contributed by atoms with van der Waals surface area (Å²) in [5.74, 6) is 1.90. The molecular formula is C16H22BrN3. The molecule has 0 atom stereocenters. The zero-order chi connectivity index (χ0) is 14.5. The number of nitrogens with zero attached hydrogens (tertiary/aromatic N) is 2. The van der Waals surface area contributed by atoms with Crippen LogP contribution < -0.4 is 5.73 Å². The Labute approximate surface area is 129 Å². The second kappa shape index (κ2) is 6.93. The number of anilines is 1. The van der Waals surface area contributed by atoms with Crippen molar-refractivity contribution in [2.75, 3.05) is 5.73 Å². The highest BCUT2D eigenvalue weighted by atomic mass is 79.9. The quantitative estimate of drug-likeness (QED) is 0.835. The number of nitrogen functional groups attached to an aromatic ring is 1. The molecule has 0 aliphatic rings. The Morgan fingerprint density at radius 1 is 1.25 bits per heavy atom. The Bertz CT molecular complexity index is 575. The van der Waals surface area contributed by atoms with Gasteiger partial charge >= 0.3 is 0 Å². The molecule has 4 heteroatoms. The molecule has 1 heterocycles. The number of aromatic nitrogens is 2. The van der Waals surface area contributed by atoms with Crippen LogP contribution in [-0.2, 0) is 13.0 Å². The van der Waals surface area contributed by atoms with Gasteiger partial charge in [0.25, 0.3) is 0 Å². The van der Waals surface area contributed by atoms with Crippen LogP contribution in [0.15, 0.2) is 28.7 Å². The first kappa shape index (κ1) is 15.1. The van der Waals surface area contributed by atoms with Crippen molar-refractivity contribution < 1.29 is 0 Å². The summed E-state index contributed by atoms with van der Waals surface area (Å²) in [6, 6.07) is 8.16. The third-order valence-corrected chi connectivity index (χ3v) is 3.89. The largest absolute Gasteiger partial charge is 0.383 e. The lowest BCUT2D eigenvalue weighted by atomic mass is 10.1. The number of unbranched alkanes of at least 4 members (excludes halogenated alkanes) is 1. The van der Waals surface area contributed by atoms with E-state index in [-0.39, 0.29) is 0 Å². The first-order valence-electron chi connectivity index (χ1n) is 7.28. The minimum atomic E-state index is 0.792. The van der Waals surface area contributed by atoms with Crippen molar-refractivity contribution in [1.82, 2.24) is 9.55 Å². The monoisotopic (exact) mass is 335 g/mol. The van der Waals surface area contributed by atoms with Gasteiger partial charge in [0.15, 0.2) is 0 Å². The number of hydrogen-bond donors (Lipinski definition) is 1. The first-order valence-corrected chi connectivity index (χ1v) is 8.07. The van der Waals surface area contributed by atoms with Crippen LogP contribution in [0.5, 0.6) is 0 Å². The van der Waals surface area contributed by atoms with Crippen LogP contribution in [0.2, 0.25) is 0 Å². The predicted octanol–water partition coefficient (Wildman–Crippen LogP) is 4.65. The minimum Gasteiger partial charge on any atom is -0.383 e. The van der Waals surface area contributed by atoms with Gasteiger partial charge in [-0.3, -0.25) is 0 Å². The Balaban J connectivity index is 2.43. The first-order chi connectivity index (χ1) is 9.67. The molecule has 1 aromatic carbocycles. The minimum absolute atomic E-state index is 0.792. The van der Waals surface area contributed by atoms with Crippen molar-refractivity contribution in [3.63, 3.8) is 0 Å². The van der Waals surface area contributed by atoms with Crippen molar-refractivity contribution in [1.29, 1.82) is 0 Å². The van der Waals surface area contributed by atoms with Gasteiger partial charge in [-0.05, 0) is 25.0 Å². The van der Waals surface area contributed by atoms with E-state index in [1.807, 2.05) is 12.1 Å². The Kier molecular flexibility index (Phi) is 5.24. The third kappa shape index (κ3) is 3.23. The maximum Gasteiger partial charge on any atom is 0.131 e. The van der Waals surface area contributed by atoms with Crippen LogP contribution >= 0.6 is 15.9 Å². The van der Waals surface area contributed by atoms with E-state index in [1.165, 1.54) is 0 Å². The molecule has 20 heavy (non-hydrogen) atoms. The van der Waals surface area contributed by atoms with E-state index < -0.39 is 0 Å². The molecule has 2 aromatic rings. The number of imidazole rings is 1. The predicted molar refractivity (Wildman–Crippen MR) is 88.7 cm³/mol. The zero-order valence-corrected chi connectivity index (χ0v) is 13.8. The van der Waals surface area contributed by atoms with Gasteiger partial charge < -0.3 is 10.3 Å². The molecule has 2 N–H and O–H groups in total. The number of nitrogens with two attached hydrogens (primary N) is 1. The molecule has 0 saturated carbocycles. The van der Waals surface area contributed by atoms with E-state index in [0.717, 1.165) is 59.6 Å². The van der Waals surface area contributed by atoms with Crippen LogP contribution in [0.3, 0.4) is 0 Å². The molecule has 0 spiro atoms. The van der Waals surface area contributed by atoms with Gasteiger partial charge in [-0.2, -0.15) is 0 Å². The summed E-state index contributed by atoms with van der Waals surface area (Å²) in [6.45, 7) is 5.33. The third-order valence-electron chi connectivity index (χ3n) is 3.39. The van der Waals surface area contributed by atoms with Crippen molar-refractivity contribution in [3.05, 3.63) is 34.6 Å². The van der Waals surface area contributed by atoms with Gasteiger partial charge in [0.05, 0.1) is 0 Å². The number of halogens is 1. The molecule has 0 radical (unpaired) electrons. The maximum absolute atomic E-state index is 6.34. The lowest BCUT2D eigenvalue weighted by Gasteiger charge is -2.08. The van der Waals surface area contributed by atoms with Gasteiger partial charge in [-0.25, -0.2) is 4.98 Å². The van der Waals surface area contributed by atoms with Crippen LogP contribution in [0, 0.1) is 0 Å². The molecule has 0 amide bonds. The highest BCUT2D eigenvalue weighted by Gasteiger charge is 2.15. The zero-order valence-electron chi connectivity index (χ0n) is 12.2. The second-order valence-corrected chi connectivity index (χ2v) is 5.94. The number of rotatable bonds is 6. The summed E-state index contributed by atoms with van der Waals surface area (Å²) >= 11 is 3.51. The summed E-state index contributed by atoms with van der Waals surface area (Å²) < 4.78 is 3.23. The molecule has 1 aromatic heterocycles. The molecule has 3 nitrogen and oxygen atoms in total. The fraction of sp³-hybridized carbons (Fsp3) is 0.438. The van der Waals surface area contributed by atoms with E-state index in [4.69, 9.17) is 10.7 Å². The van der Waals surface area contributed by atoms with Crippen molar-refractivity contribution in [2.45, 2.75) is 46.1 Å². The molecule has 2 rings (SSSR count). The lowest BCUT2D eigenvalue weighted by molar-refractivity contribution is 0.604. The maximum atomic E-state index is 6.34. The fourth-order valence-electron chi connectivity index (χ4n) is 2.34. The van der Waals surface area contributed by atoms with Gasteiger partial charge in [0.1, 0.15) is 17.3 Å². The van der Waals surface area contributed by atoms with Crippen LogP contribution in [0.4, 0.5) is 5.82 Å². The van der Waals surface area contributed by atoms with Gasteiger partial charge in [-0.1, -0.05) is 48.3 Å². The van der Waals surface area contributed by atoms with Gasteiger partial charge in [0.2, 0.25) is 0 Å². The van der Waals surface area contributed by atoms with E-state index in [9.17, 15) is 0 Å². The molecule has 0 aliphatic heterocycles. The van der Waals surface area contributed by atoms with Gasteiger partial charge in [0, 0.05) is 23.0 Å². The summed E-state index contributed by atoms with van der Waals surface area (Å²) in [5.41, 5.74) is 8.32. The molecule has 0 fully saturated rings. The molecule has 0 saturated heterocycles. The number of hydrogen-bond acceptors (Lipinski definition) is 2. The van der Waals surface area contributed by atoms with E-state index in [0.29, 0.717) is 0 Å². The Hall–Kier alpha value is -1.29. The van der Waals surface area contributed by atoms with Crippen LogP contribution in [0.1, 0.15) is 38.9 Å². The molecule has 0 bridgehead atoms. The van der Waals surface area contributed by atoms with E-state index >= 15 is 0 Å². The average molecular weight is 336 g/mol. The molecule has 108 valence electrons. The van der Waals surface area contributed by atoms with Crippen molar-refractivity contribution >= 4 is 21.7 Å². The summed E-state index contributed by atoms with van der Waals surface area (Å²) in [5, 5.41) is 0. The standard InChI is InChI=1S/C16H22BrN3/c1-3-5-10-20-14(7-4-2)19-15(16(20)18)12-8-6-9-13(17)11-12/h6,8-9,11H,3-5,7,10,18H2,1-2H3. The number of benzene rings is 1. The second-order valence-electron chi connectivity index (χ2n) is 5.03. The summed E-state index contributed by atoms with van der Waals surface area (Å²) in [4.78, 5) is 4.78. The number of aryl methyl sites for hydroxylation is 1. The highest BCUT2D eigenvalue weighted by molar-refractivity contribution is 9.10. The molecule has 0 unspecified atom stereocenters. The normalized spacial score (nSPS) is 10.9. The van der Waals surface area contributed by atoms with Crippen LogP contribution in [0.25, 0.3) is 11.3 Å². The fourth-order valence-corrected chi connectivity index (χ4v) is 2.74. The lowest BCUT2D eigenvalue weighted by Crippen LogP contribution is -2.07. The summed E-state index contributed by atoms with van der Waals surface area (Å²) in [7, 11) is 0.